The Labute approximate surface area is 213 Å². The number of carbonyl (C=O) groups excluding carboxylic acids is 1. The van der Waals surface area contributed by atoms with E-state index >= 15 is 0 Å². The number of amides is 1. The third-order valence-electron chi connectivity index (χ3n) is 6.63. The van der Waals surface area contributed by atoms with E-state index in [0.29, 0.717) is 17.2 Å². The van der Waals surface area contributed by atoms with E-state index in [2.05, 4.69) is 24.4 Å². The monoisotopic (exact) mass is 508 g/mol. The highest BCUT2D eigenvalue weighted by atomic mass is 32.2. The van der Waals surface area contributed by atoms with Crippen LogP contribution in [0, 0.1) is 27.7 Å². The summed E-state index contributed by atoms with van der Waals surface area (Å²) in [6.45, 7) is 9.77. The van der Waals surface area contributed by atoms with Crippen LogP contribution in [0.2, 0.25) is 0 Å². The molecule has 0 saturated heterocycles. The Balaban J connectivity index is 1.64. The molecule has 0 aromatic heterocycles. The molecule has 3 aromatic rings. The van der Waals surface area contributed by atoms with Gasteiger partial charge in [-0.15, -0.1) is 0 Å². The van der Waals surface area contributed by atoms with Gasteiger partial charge in [-0.25, -0.2) is 8.42 Å². The second kappa shape index (κ2) is 9.85. The summed E-state index contributed by atoms with van der Waals surface area (Å²) >= 11 is 0. The Morgan fingerprint density at radius 1 is 1.00 bits per heavy atom. The summed E-state index contributed by atoms with van der Waals surface area (Å²) in [5.74, 6) is 0.528. The molecule has 0 radical (unpaired) electrons. The molecule has 1 amide bonds. The summed E-state index contributed by atoms with van der Waals surface area (Å²) in [5.41, 5.74) is 5.73. The predicted molar refractivity (Wildman–Crippen MR) is 140 cm³/mol. The Hall–Kier alpha value is -3.52. The van der Waals surface area contributed by atoms with Gasteiger partial charge in [-0.2, -0.15) is 0 Å². The van der Waals surface area contributed by atoms with Crippen molar-refractivity contribution in [1.29, 1.82) is 0 Å². The maximum atomic E-state index is 13.7. The molecule has 0 spiro atoms. The molecule has 8 heteroatoms. The van der Waals surface area contributed by atoms with Gasteiger partial charge in [0.1, 0.15) is 11.5 Å². The number of fused-ring (bicyclic) bond motifs is 1. The number of rotatable bonds is 6. The lowest BCUT2D eigenvalue weighted by Gasteiger charge is -2.35. The first-order valence-electron chi connectivity index (χ1n) is 11.8. The number of nitrogens with one attached hydrogen (secondary N) is 1. The second-order valence-electron chi connectivity index (χ2n) is 9.31. The quantitative estimate of drug-likeness (QED) is 0.519. The van der Waals surface area contributed by atoms with Crippen molar-refractivity contribution in [2.24, 2.45) is 0 Å². The molecule has 1 heterocycles. The number of sulfonamides is 1. The molecule has 2 unspecified atom stereocenters. The van der Waals surface area contributed by atoms with E-state index < -0.39 is 16.1 Å². The maximum Gasteiger partial charge on any atom is 0.264 e. The fourth-order valence-electron chi connectivity index (χ4n) is 4.43. The number of carbonyl (C=O) groups is 1. The standard InChI is InChI=1S/C28H32N2O5S/c1-17-7-12-26-25(13-17)30(36(32,33)23-10-8-22(34-6)9-11-23)16-27(35-26)28(31)29-21(5)24-15-19(3)18(2)14-20(24)4/h7-15,21,27H,16H2,1-6H3,(H,29,31). The number of hydrogen-bond acceptors (Lipinski definition) is 5. The zero-order valence-electron chi connectivity index (χ0n) is 21.5. The van der Waals surface area contributed by atoms with Crippen LogP contribution in [-0.4, -0.2) is 34.1 Å². The highest BCUT2D eigenvalue weighted by Gasteiger charge is 2.38. The molecule has 0 bridgehead atoms. The first kappa shape index (κ1) is 25.6. The molecule has 1 aliphatic heterocycles. The van der Waals surface area contributed by atoms with E-state index in [1.54, 1.807) is 24.3 Å². The minimum absolute atomic E-state index is 0.107. The van der Waals surface area contributed by atoms with E-state index in [1.807, 2.05) is 33.8 Å². The maximum absolute atomic E-state index is 13.7. The number of anilines is 1. The van der Waals surface area contributed by atoms with Crippen LogP contribution < -0.4 is 19.1 Å². The Morgan fingerprint density at radius 2 is 1.67 bits per heavy atom. The van der Waals surface area contributed by atoms with E-state index in [9.17, 15) is 13.2 Å². The summed E-state index contributed by atoms with van der Waals surface area (Å²) < 4.78 is 39.8. The average molecular weight is 509 g/mol. The second-order valence-corrected chi connectivity index (χ2v) is 11.2. The normalized spacial score (nSPS) is 16.1. The third kappa shape index (κ3) is 4.91. The molecule has 1 N–H and O–H groups in total. The molecule has 3 aromatic carbocycles. The zero-order valence-corrected chi connectivity index (χ0v) is 22.3. The van der Waals surface area contributed by atoms with Crippen molar-refractivity contribution < 1.29 is 22.7 Å². The smallest absolute Gasteiger partial charge is 0.264 e. The lowest BCUT2D eigenvalue weighted by molar-refractivity contribution is -0.128. The first-order valence-corrected chi connectivity index (χ1v) is 13.3. The highest BCUT2D eigenvalue weighted by molar-refractivity contribution is 7.92. The van der Waals surface area contributed by atoms with Gasteiger partial charge in [0.05, 0.1) is 30.3 Å². The van der Waals surface area contributed by atoms with Crippen molar-refractivity contribution in [2.45, 2.75) is 51.7 Å². The summed E-state index contributed by atoms with van der Waals surface area (Å²) in [6.07, 6.45) is -1.01. The van der Waals surface area contributed by atoms with Crippen molar-refractivity contribution in [3.8, 4) is 11.5 Å². The average Bonchev–Trinajstić information content (AvgIpc) is 2.85. The van der Waals surface area contributed by atoms with Gasteiger partial charge in [0, 0.05) is 0 Å². The number of ether oxygens (including phenoxy) is 2. The predicted octanol–water partition coefficient (Wildman–Crippen LogP) is 4.76. The van der Waals surface area contributed by atoms with Gasteiger partial charge in [-0.05, 0) is 98.8 Å². The van der Waals surface area contributed by atoms with Crippen LogP contribution in [0.5, 0.6) is 11.5 Å². The van der Waals surface area contributed by atoms with Crippen LogP contribution >= 0.6 is 0 Å². The number of aryl methyl sites for hydroxylation is 4. The van der Waals surface area contributed by atoms with E-state index in [1.165, 1.54) is 29.1 Å². The number of hydrogen-bond donors (Lipinski definition) is 1. The van der Waals surface area contributed by atoms with E-state index in [-0.39, 0.29) is 23.4 Å². The third-order valence-corrected chi connectivity index (χ3v) is 8.43. The minimum Gasteiger partial charge on any atom is -0.497 e. The topological polar surface area (TPSA) is 84.9 Å². The molecule has 0 fully saturated rings. The fraction of sp³-hybridized carbons (Fsp3) is 0.321. The van der Waals surface area contributed by atoms with Crippen LogP contribution in [0.4, 0.5) is 5.69 Å². The van der Waals surface area contributed by atoms with Gasteiger partial charge >= 0.3 is 0 Å². The molecule has 1 aliphatic rings. The number of methoxy groups -OCH3 is 1. The van der Waals surface area contributed by atoms with Gasteiger partial charge < -0.3 is 14.8 Å². The molecule has 0 aliphatic carbocycles. The van der Waals surface area contributed by atoms with E-state index in [4.69, 9.17) is 9.47 Å². The van der Waals surface area contributed by atoms with Gasteiger partial charge in [-0.3, -0.25) is 9.10 Å². The Bertz CT molecular complexity index is 1400. The molecular formula is C28H32N2O5S. The Morgan fingerprint density at radius 3 is 2.33 bits per heavy atom. The fourth-order valence-corrected chi connectivity index (χ4v) is 5.90. The van der Waals surface area contributed by atoms with Crippen molar-refractivity contribution in [3.05, 3.63) is 82.4 Å². The lowest BCUT2D eigenvalue weighted by atomic mass is 9.96. The SMILES string of the molecule is COc1ccc(S(=O)(=O)N2CC(C(=O)NC(C)c3cc(C)c(C)cc3C)Oc3ccc(C)cc32)cc1. The zero-order chi connectivity index (χ0) is 26.2. The van der Waals surface area contributed by atoms with Crippen LogP contribution in [0.15, 0.2) is 59.5 Å². The summed E-state index contributed by atoms with van der Waals surface area (Å²) in [5, 5.41) is 3.02. The van der Waals surface area contributed by atoms with Crippen molar-refractivity contribution in [2.75, 3.05) is 18.0 Å². The van der Waals surface area contributed by atoms with Gasteiger partial charge in [0.2, 0.25) is 0 Å². The summed E-state index contributed by atoms with van der Waals surface area (Å²) in [4.78, 5) is 13.4. The molecular weight excluding hydrogens is 476 g/mol. The van der Waals surface area contributed by atoms with Crippen LogP contribution in [0.25, 0.3) is 0 Å². The number of benzene rings is 3. The lowest BCUT2D eigenvalue weighted by Crippen LogP contribution is -2.51. The first-order chi connectivity index (χ1) is 17.0. The van der Waals surface area contributed by atoms with Crippen molar-refractivity contribution >= 4 is 21.6 Å². The Kier molecular flexibility index (Phi) is 7.00. The van der Waals surface area contributed by atoms with Crippen LogP contribution in [0.1, 0.15) is 40.8 Å². The molecule has 0 saturated carbocycles. The van der Waals surface area contributed by atoms with Crippen molar-refractivity contribution in [3.63, 3.8) is 0 Å². The molecule has 2 atom stereocenters. The van der Waals surface area contributed by atoms with Gasteiger partial charge in [-0.1, -0.05) is 18.2 Å². The molecule has 36 heavy (non-hydrogen) atoms. The van der Waals surface area contributed by atoms with Crippen LogP contribution in [0.3, 0.4) is 0 Å². The minimum atomic E-state index is -3.96. The molecule has 7 nitrogen and oxygen atoms in total. The van der Waals surface area contributed by atoms with Gasteiger partial charge in [0.25, 0.3) is 15.9 Å². The summed E-state index contributed by atoms with van der Waals surface area (Å²) in [7, 11) is -2.44. The van der Waals surface area contributed by atoms with Crippen LogP contribution in [-0.2, 0) is 14.8 Å². The molecule has 190 valence electrons. The largest absolute Gasteiger partial charge is 0.497 e. The summed E-state index contributed by atoms with van der Waals surface area (Å²) in [6, 6.07) is 15.4. The molecule has 4 rings (SSSR count). The van der Waals surface area contributed by atoms with Gasteiger partial charge in [0.15, 0.2) is 6.10 Å². The van der Waals surface area contributed by atoms with E-state index in [0.717, 1.165) is 22.3 Å². The number of nitrogens with zero attached hydrogens (tertiary/aromatic N) is 1. The van der Waals surface area contributed by atoms with Crippen molar-refractivity contribution in [1.82, 2.24) is 5.32 Å². The highest BCUT2D eigenvalue weighted by Crippen LogP contribution is 2.38.